The van der Waals surface area contributed by atoms with Crippen LogP contribution in [0.4, 0.5) is 0 Å². The van der Waals surface area contributed by atoms with Crippen molar-refractivity contribution in [1.29, 1.82) is 0 Å². The molecule has 0 amide bonds. The van der Waals surface area contributed by atoms with E-state index in [0.29, 0.717) is 0 Å². The SMILES string of the molecule is Clc1cccc(-c2ccccc2)c1.Clc1cccc(-c2ccccc2)c1.S. The Morgan fingerprint density at radius 1 is 0.370 bits per heavy atom. The third-order valence-electron chi connectivity index (χ3n) is 3.86. The van der Waals surface area contributed by atoms with Gasteiger partial charge in [0.05, 0.1) is 0 Å². The Balaban J connectivity index is 0.000000187. The Morgan fingerprint density at radius 3 is 1.04 bits per heavy atom. The lowest BCUT2D eigenvalue weighted by Gasteiger charge is -2.00. The average Bonchev–Trinajstić information content (AvgIpc) is 2.70. The van der Waals surface area contributed by atoms with Crippen molar-refractivity contribution in [3.63, 3.8) is 0 Å². The fraction of sp³-hybridized carbons (Fsp3) is 0. The highest BCUT2D eigenvalue weighted by atomic mass is 35.5. The largest absolute Gasteiger partial charge is 0.197 e. The molecule has 0 unspecified atom stereocenters. The van der Waals surface area contributed by atoms with Crippen LogP contribution in [-0.4, -0.2) is 0 Å². The number of halogens is 2. The van der Waals surface area contributed by atoms with Crippen LogP contribution in [0.1, 0.15) is 0 Å². The second-order valence-electron chi connectivity index (χ2n) is 5.75. The molecule has 0 heterocycles. The van der Waals surface area contributed by atoms with Gasteiger partial charge >= 0.3 is 0 Å². The van der Waals surface area contributed by atoms with E-state index in [1.807, 2.05) is 72.8 Å². The zero-order chi connectivity index (χ0) is 18.2. The van der Waals surface area contributed by atoms with Crippen LogP contribution >= 0.6 is 36.7 Å². The summed E-state index contributed by atoms with van der Waals surface area (Å²) in [5.41, 5.74) is 4.72. The third-order valence-corrected chi connectivity index (χ3v) is 4.33. The van der Waals surface area contributed by atoms with Crippen molar-refractivity contribution in [1.82, 2.24) is 0 Å². The van der Waals surface area contributed by atoms with Gasteiger partial charge in [-0.3, -0.25) is 0 Å². The second-order valence-corrected chi connectivity index (χ2v) is 6.63. The molecule has 0 fully saturated rings. The van der Waals surface area contributed by atoms with Crippen LogP contribution in [0.2, 0.25) is 10.0 Å². The molecule has 0 saturated carbocycles. The lowest BCUT2D eigenvalue weighted by molar-refractivity contribution is 1.62. The first-order valence-corrected chi connectivity index (χ1v) is 9.10. The lowest BCUT2D eigenvalue weighted by atomic mass is 10.1. The van der Waals surface area contributed by atoms with E-state index < -0.39 is 0 Å². The van der Waals surface area contributed by atoms with Gasteiger partial charge < -0.3 is 0 Å². The topological polar surface area (TPSA) is 0 Å². The molecule has 0 spiro atoms. The predicted octanol–water partition coefficient (Wildman–Crippen LogP) is 8.13. The van der Waals surface area contributed by atoms with Crippen molar-refractivity contribution < 1.29 is 0 Å². The Bertz CT molecular complexity index is 873. The summed E-state index contributed by atoms with van der Waals surface area (Å²) >= 11 is 11.8. The summed E-state index contributed by atoms with van der Waals surface area (Å²) in [4.78, 5) is 0. The first-order chi connectivity index (χ1) is 12.7. The summed E-state index contributed by atoms with van der Waals surface area (Å²) in [6.07, 6.45) is 0. The molecule has 0 aromatic heterocycles. The molecule has 4 aromatic carbocycles. The van der Waals surface area contributed by atoms with Crippen LogP contribution < -0.4 is 0 Å². The fourth-order valence-corrected chi connectivity index (χ4v) is 2.98. The standard InChI is InChI=1S/2C12H9Cl.H2S/c2*13-12-8-4-7-11(9-12)10-5-2-1-3-6-10;/h2*1-9H;1H2. The van der Waals surface area contributed by atoms with Crippen molar-refractivity contribution in [3.05, 3.63) is 119 Å². The first kappa shape index (κ1) is 21.1. The smallest absolute Gasteiger partial charge is 0.0412 e. The Kier molecular flexibility index (Phi) is 8.47. The van der Waals surface area contributed by atoms with Gasteiger partial charge in [-0.2, -0.15) is 13.5 Å². The van der Waals surface area contributed by atoms with Gasteiger partial charge in [0, 0.05) is 10.0 Å². The highest BCUT2D eigenvalue weighted by Crippen LogP contribution is 2.22. The molecule has 3 heteroatoms. The maximum atomic E-state index is 5.89. The van der Waals surface area contributed by atoms with E-state index in [9.17, 15) is 0 Å². The first-order valence-electron chi connectivity index (χ1n) is 8.34. The average molecular weight is 411 g/mol. The van der Waals surface area contributed by atoms with Gasteiger partial charge in [-0.15, -0.1) is 0 Å². The minimum Gasteiger partial charge on any atom is -0.197 e. The molecule has 0 atom stereocenters. The summed E-state index contributed by atoms with van der Waals surface area (Å²) in [6.45, 7) is 0. The van der Waals surface area contributed by atoms with Gasteiger partial charge in [0.1, 0.15) is 0 Å². The number of rotatable bonds is 2. The minimum absolute atomic E-state index is 0. The Labute approximate surface area is 177 Å². The van der Waals surface area contributed by atoms with Crippen molar-refractivity contribution in [2.75, 3.05) is 0 Å². The van der Waals surface area contributed by atoms with Gasteiger partial charge in [-0.05, 0) is 46.5 Å². The molecule has 0 radical (unpaired) electrons. The van der Waals surface area contributed by atoms with Crippen LogP contribution in [0.15, 0.2) is 109 Å². The molecule has 27 heavy (non-hydrogen) atoms. The van der Waals surface area contributed by atoms with E-state index in [1.165, 1.54) is 11.1 Å². The Hall–Kier alpha value is -2.19. The summed E-state index contributed by atoms with van der Waals surface area (Å²) in [5, 5.41) is 1.56. The molecule has 0 nitrogen and oxygen atoms in total. The van der Waals surface area contributed by atoms with Gasteiger partial charge in [0.15, 0.2) is 0 Å². The number of hydrogen-bond donors (Lipinski definition) is 0. The zero-order valence-electron chi connectivity index (χ0n) is 14.6. The molecule has 0 N–H and O–H groups in total. The van der Waals surface area contributed by atoms with E-state index in [0.717, 1.165) is 21.2 Å². The third kappa shape index (κ3) is 6.48. The minimum atomic E-state index is 0. The normalized spacial score (nSPS) is 9.56. The molecular weight excluding hydrogens is 391 g/mol. The van der Waals surface area contributed by atoms with Crippen molar-refractivity contribution in [3.8, 4) is 22.3 Å². The highest BCUT2D eigenvalue weighted by molar-refractivity contribution is 7.59. The molecule has 136 valence electrons. The van der Waals surface area contributed by atoms with E-state index in [-0.39, 0.29) is 13.5 Å². The zero-order valence-corrected chi connectivity index (χ0v) is 17.2. The van der Waals surface area contributed by atoms with Crippen LogP contribution in [0.3, 0.4) is 0 Å². The van der Waals surface area contributed by atoms with E-state index >= 15 is 0 Å². The van der Waals surface area contributed by atoms with Gasteiger partial charge in [0.25, 0.3) is 0 Å². The summed E-state index contributed by atoms with van der Waals surface area (Å²) in [7, 11) is 0. The second kappa shape index (κ2) is 10.8. The predicted molar refractivity (Wildman–Crippen MR) is 124 cm³/mol. The van der Waals surface area contributed by atoms with Crippen LogP contribution in [0.5, 0.6) is 0 Å². The lowest BCUT2D eigenvalue weighted by Crippen LogP contribution is -1.75. The molecule has 0 saturated heterocycles. The quantitative estimate of drug-likeness (QED) is 0.312. The van der Waals surface area contributed by atoms with Gasteiger partial charge in [-0.1, -0.05) is 108 Å². The van der Waals surface area contributed by atoms with Crippen LogP contribution in [-0.2, 0) is 0 Å². The van der Waals surface area contributed by atoms with E-state index in [2.05, 4.69) is 36.4 Å². The molecule has 0 aliphatic rings. The molecule has 0 aliphatic carbocycles. The van der Waals surface area contributed by atoms with Gasteiger partial charge in [0.2, 0.25) is 0 Å². The maximum Gasteiger partial charge on any atom is 0.0412 e. The number of hydrogen-bond acceptors (Lipinski definition) is 0. The molecule has 0 aliphatic heterocycles. The summed E-state index contributed by atoms with van der Waals surface area (Å²) in [5.74, 6) is 0. The highest BCUT2D eigenvalue weighted by Gasteiger charge is 1.96. The Morgan fingerprint density at radius 2 is 0.704 bits per heavy atom. The number of benzene rings is 4. The monoisotopic (exact) mass is 410 g/mol. The summed E-state index contributed by atoms with van der Waals surface area (Å²) in [6, 6.07) is 36.2. The summed E-state index contributed by atoms with van der Waals surface area (Å²) < 4.78 is 0. The van der Waals surface area contributed by atoms with E-state index in [1.54, 1.807) is 0 Å². The maximum absolute atomic E-state index is 5.89. The van der Waals surface area contributed by atoms with Gasteiger partial charge in [-0.25, -0.2) is 0 Å². The van der Waals surface area contributed by atoms with Crippen molar-refractivity contribution in [2.45, 2.75) is 0 Å². The molecule has 4 aromatic rings. The van der Waals surface area contributed by atoms with Crippen LogP contribution in [0, 0.1) is 0 Å². The molecule has 4 rings (SSSR count). The van der Waals surface area contributed by atoms with Crippen molar-refractivity contribution >= 4 is 36.7 Å². The molecular formula is C24H20Cl2S. The van der Waals surface area contributed by atoms with Crippen LogP contribution in [0.25, 0.3) is 22.3 Å². The van der Waals surface area contributed by atoms with E-state index in [4.69, 9.17) is 23.2 Å². The van der Waals surface area contributed by atoms with Crippen molar-refractivity contribution in [2.24, 2.45) is 0 Å². The fourth-order valence-electron chi connectivity index (χ4n) is 2.60. The molecule has 0 bridgehead atoms.